The van der Waals surface area contributed by atoms with Gasteiger partial charge in [-0.1, -0.05) is 11.8 Å². The Morgan fingerprint density at radius 1 is 1.24 bits per heavy atom. The number of hydrogen-bond donors (Lipinski definition) is 4. The minimum Gasteiger partial charge on any atom is -0.475 e. The van der Waals surface area contributed by atoms with Crippen LogP contribution < -0.4 is 10.6 Å². The van der Waals surface area contributed by atoms with E-state index in [0.717, 1.165) is 41.1 Å². The predicted molar refractivity (Wildman–Crippen MR) is 119 cm³/mol. The van der Waals surface area contributed by atoms with E-state index in [-0.39, 0.29) is 5.17 Å². The topological polar surface area (TPSA) is 141 Å². The van der Waals surface area contributed by atoms with Gasteiger partial charge in [-0.2, -0.15) is 13.2 Å². The van der Waals surface area contributed by atoms with Gasteiger partial charge in [-0.15, -0.1) is 0 Å². The second-order valence-electron chi connectivity index (χ2n) is 6.88. The van der Waals surface area contributed by atoms with Gasteiger partial charge in [0, 0.05) is 47.6 Å². The van der Waals surface area contributed by atoms with Gasteiger partial charge in [0.1, 0.15) is 5.82 Å². The van der Waals surface area contributed by atoms with Gasteiger partial charge in [-0.3, -0.25) is 5.41 Å². The zero-order valence-corrected chi connectivity index (χ0v) is 18.0. The van der Waals surface area contributed by atoms with Gasteiger partial charge in [0.25, 0.3) is 0 Å². The Bertz CT molecular complexity index is 1130. The molecule has 0 amide bonds. The SMILES string of the molecule is N=C(N)SCc1cc(N2CCOCC2)nc(-c2ccc3[nH]ccc3c2)n1.O=C(O)C(F)(F)F. The lowest BCUT2D eigenvalue weighted by molar-refractivity contribution is -0.192. The average molecular weight is 482 g/mol. The molecule has 3 heterocycles. The van der Waals surface area contributed by atoms with Crippen molar-refractivity contribution in [1.82, 2.24) is 15.0 Å². The number of alkyl halides is 3. The summed E-state index contributed by atoms with van der Waals surface area (Å²) in [4.78, 5) is 23.8. The zero-order chi connectivity index (χ0) is 24.0. The van der Waals surface area contributed by atoms with Crippen LogP contribution in [0.5, 0.6) is 0 Å². The Morgan fingerprint density at radius 3 is 2.58 bits per heavy atom. The second kappa shape index (κ2) is 10.5. The molecule has 2 aromatic heterocycles. The Morgan fingerprint density at radius 2 is 1.94 bits per heavy atom. The van der Waals surface area contributed by atoms with Crippen LogP contribution in [-0.2, 0) is 15.3 Å². The number of anilines is 1. The van der Waals surface area contributed by atoms with E-state index in [1.165, 1.54) is 11.8 Å². The number of morpholine rings is 1. The van der Waals surface area contributed by atoms with Gasteiger partial charge >= 0.3 is 12.1 Å². The molecule has 3 aromatic rings. The van der Waals surface area contributed by atoms with E-state index in [1.807, 2.05) is 30.5 Å². The number of aromatic amines is 1. The number of aromatic nitrogens is 3. The summed E-state index contributed by atoms with van der Waals surface area (Å²) in [6, 6.07) is 10.2. The number of rotatable bonds is 4. The molecule has 33 heavy (non-hydrogen) atoms. The molecule has 1 saturated heterocycles. The number of carboxylic acid groups (broad SMARTS) is 1. The molecule has 0 atom stereocenters. The van der Waals surface area contributed by atoms with E-state index >= 15 is 0 Å². The van der Waals surface area contributed by atoms with E-state index in [0.29, 0.717) is 24.8 Å². The van der Waals surface area contributed by atoms with Gasteiger partial charge in [-0.05, 0) is 24.3 Å². The maximum atomic E-state index is 10.6. The predicted octanol–water partition coefficient (Wildman–Crippen LogP) is 3.22. The van der Waals surface area contributed by atoms with Crippen molar-refractivity contribution >= 4 is 39.6 Å². The van der Waals surface area contributed by atoms with Crippen molar-refractivity contribution in [3.63, 3.8) is 0 Å². The molecule has 1 aromatic carbocycles. The van der Waals surface area contributed by atoms with Crippen LogP contribution >= 0.6 is 11.8 Å². The largest absolute Gasteiger partial charge is 0.490 e. The summed E-state index contributed by atoms with van der Waals surface area (Å²) < 4.78 is 37.2. The minimum absolute atomic E-state index is 0.0897. The summed E-state index contributed by atoms with van der Waals surface area (Å²) in [5, 5.41) is 15.8. The number of halogens is 3. The van der Waals surface area contributed by atoms with Crippen LogP contribution in [0.15, 0.2) is 36.5 Å². The van der Waals surface area contributed by atoms with Crippen LogP contribution in [0.1, 0.15) is 5.69 Å². The summed E-state index contributed by atoms with van der Waals surface area (Å²) in [6.45, 7) is 3.03. The summed E-state index contributed by atoms with van der Waals surface area (Å²) in [7, 11) is 0. The Kier molecular flexibility index (Phi) is 7.76. The van der Waals surface area contributed by atoms with Crippen LogP contribution in [0.2, 0.25) is 0 Å². The fourth-order valence-corrected chi connectivity index (χ4v) is 3.44. The Balaban J connectivity index is 0.000000383. The highest BCUT2D eigenvalue weighted by Gasteiger charge is 2.38. The quantitative estimate of drug-likeness (QED) is 0.328. The van der Waals surface area contributed by atoms with Crippen molar-refractivity contribution in [2.24, 2.45) is 5.73 Å². The van der Waals surface area contributed by atoms with E-state index in [1.54, 1.807) is 0 Å². The number of nitrogens with two attached hydrogens (primary N) is 1. The lowest BCUT2D eigenvalue weighted by atomic mass is 10.1. The summed E-state index contributed by atoms with van der Waals surface area (Å²) in [5.74, 6) is -0.621. The Labute approximate surface area is 190 Å². The highest BCUT2D eigenvalue weighted by atomic mass is 32.2. The zero-order valence-electron chi connectivity index (χ0n) is 17.2. The van der Waals surface area contributed by atoms with Gasteiger partial charge in [0.2, 0.25) is 0 Å². The molecule has 5 N–H and O–H groups in total. The third kappa shape index (κ3) is 6.83. The average Bonchev–Trinajstić information content (AvgIpc) is 3.26. The van der Waals surface area contributed by atoms with Gasteiger partial charge in [0.05, 0.1) is 18.9 Å². The number of aliphatic carboxylic acids is 1. The first-order chi connectivity index (χ1) is 15.6. The molecule has 9 nitrogen and oxygen atoms in total. The molecule has 1 fully saturated rings. The van der Waals surface area contributed by atoms with E-state index in [2.05, 4.69) is 16.0 Å². The molecule has 0 radical (unpaired) electrons. The molecule has 0 bridgehead atoms. The number of benzene rings is 1. The number of hydrogen-bond acceptors (Lipinski definition) is 7. The van der Waals surface area contributed by atoms with Crippen LogP contribution in [0, 0.1) is 5.41 Å². The molecule has 13 heteroatoms. The van der Waals surface area contributed by atoms with Gasteiger partial charge in [-0.25, -0.2) is 14.8 Å². The number of thioether (sulfide) groups is 1. The molecule has 4 rings (SSSR count). The van der Waals surface area contributed by atoms with Crippen LogP contribution in [-0.4, -0.2) is 63.7 Å². The van der Waals surface area contributed by atoms with Crippen LogP contribution in [0.3, 0.4) is 0 Å². The number of amidine groups is 1. The first-order valence-corrected chi connectivity index (χ1v) is 10.7. The monoisotopic (exact) mass is 482 g/mol. The second-order valence-corrected chi connectivity index (χ2v) is 7.89. The number of H-pyrrole nitrogens is 1. The van der Waals surface area contributed by atoms with Crippen molar-refractivity contribution in [3.05, 3.63) is 42.2 Å². The van der Waals surface area contributed by atoms with E-state index in [4.69, 9.17) is 35.7 Å². The fraction of sp³-hybridized carbons (Fsp3) is 0.300. The first-order valence-electron chi connectivity index (χ1n) is 9.68. The number of fused-ring (bicyclic) bond motifs is 1. The minimum atomic E-state index is -5.08. The third-order valence-corrected chi connectivity index (χ3v) is 5.28. The van der Waals surface area contributed by atoms with Crippen molar-refractivity contribution in [2.45, 2.75) is 11.9 Å². The molecule has 1 aliphatic rings. The summed E-state index contributed by atoms with van der Waals surface area (Å²) in [5.41, 5.74) is 8.42. The molecule has 1 aliphatic heterocycles. The third-order valence-electron chi connectivity index (χ3n) is 4.53. The lowest BCUT2D eigenvalue weighted by Crippen LogP contribution is -2.37. The molecule has 0 saturated carbocycles. The molecule has 176 valence electrons. The van der Waals surface area contributed by atoms with Gasteiger partial charge in [0.15, 0.2) is 11.0 Å². The number of carbonyl (C=O) groups is 1. The Hall–Kier alpha value is -3.32. The molecule has 0 spiro atoms. The molecular weight excluding hydrogens is 461 g/mol. The molecular formula is C20H21F3N6O3S. The van der Waals surface area contributed by atoms with Gasteiger partial charge < -0.3 is 25.5 Å². The van der Waals surface area contributed by atoms with Crippen molar-refractivity contribution < 1.29 is 27.8 Å². The van der Waals surface area contributed by atoms with E-state index in [9.17, 15) is 13.2 Å². The number of nitrogens with zero attached hydrogens (tertiary/aromatic N) is 3. The number of carboxylic acids is 1. The van der Waals surface area contributed by atoms with Crippen LogP contribution in [0.25, 0.3) is 22.3 Å². The number of nitrogens with one attached hydrogen (secondary N) is 2. The smallest absolute Gasteiger partial charge is 0.475 e. The first kappa shape index (κ1) is 24.3. The van der Waals surface area contributed by atoms with E-state index < -0.39 is 12.1 Å². The van der Waals surface area contributed by atoms with Crippen molar-refractivity contribution in [2.75, 3.05) is 31.2 Å². The normalized spacial score (nSPS) is 14.0. The maximum Gasteiger partial charge on any atom is 0.490 e. The lowest BCUT2D eigenvalue weighted by Gasteiger charge is -2.28. The number of ether oxygens (including phenoxy) is 1. The summed E-state index contributed by atoms with van der Waals surface area (Å²) in [6.07, 6.45) is -3.16. The van der Waals surface area contributed by atoms with Crippen LogP contribution in [0.4, 0.5) is 19.0 Å². The molecule has 0 unspecified atom stereocenters. The highest BCUT2D eigenvalue weighted by molar-refractivity contribution is 8.13. The fourth-order valence-electron chi connectivity index (χ4n) is 2.98. The maximum absolute atomic E-state index is 10.6. The van der Waals surface area contributed by atoms with Crippen molar-refractivity contribution in [3.8, 4) is 11.4 Å². The van der Waals surface area contributed by atoms with Crippen molar-refractivity contribution in [1.29, 1.82) is 5.41 Å². The molecule has 0 aliphatic carbocycles. The highest BCUT2D eigenvalue weighted by Crippen LogP contribution is 2.25. The summed E-state index contributed by atoms with van der Waals surface area (Å²) >= 11 is 1.27. The standard InChI is InChI=1S/C18H20N6OS.C2HF3O2/c19-18(20)26-11-14-10-16(24-5-7-25-8-6-24)23-17(22-14)13-1-2-15-12(9-13)3-4-21-15;3-2(4,5)1(6)7/h1-4,9-10,21H,5-8,11H2,(H3,19,20);(H,6,7).